The van der Waals surface area contributed by atoms with E-state index in [2.05, 4.69) is 18.0 Å². The Labute approximate surface area is 117 Å². The molecule has 0 unspecified atom stereocenters. The van der Waals surface area contributed by atoms with Gasteiger partial charge in [0, 0.05) is 17.1 Å². The van der Waals surface area contributed by atoms with Crippen LogP contribution in [-0.4, -0.2) is 17.2 Å². The smallest absolute Gasteiger partial charge is 0.119 e. The van der Waals surface area contributed by atoms with Crippen LogP contribution in [0.5, 0.6) is 5.75 Å². The summed E-state index contributed by atoms with van der Waals surface area (Å²) in [6.07, 6.45) is 1.91. The number of rotatable bonds is 3. The normalized spacial score (nSPS) is 10.9. The van der Waals surface area contributed by atoms with Gasteiger partial charge in [0.2, 0.25) is 0 Å². The minimum Gasteiger partial charge on any atom is -0.497 e. The molecule has 1 aromatic heterocycles. The highest BCUT2D eigenvalue weighted by Gasteiger charge is 2.11. The van der Waals surface area contributed by atoms with E-state index in [1.807, 2.05) is 36.5 Å². The van der Waals surface area contributed by atoms with Crippen molar-refractivity contribution in [3.05, 3.63) is 53.7 Å². The van der Waals surface area contributed by atoms with Gasteiger partial charge in [-0.2, -0.15) is 0 Å². The Kier molecular flexibility index (Phi) is 3.20. The summed E-state index contributed by atoms with van der Waals surface area (Å²) < 4.78 is 5.32. The van der Waals surface area contributed by atoms with E-state index in [0.29, 0.717) is 0 Å². The Morgan fingerprint density at radius 1 is 1.10 bits per heavy atom. The second-order valence-corrected chi connectivity index (χ2v) is 4.88. The number of H-pyrrole nitrogens is 1. The zero-order chi connectivity index (χ0) is 14.1. The van der Waals surface area contributed by atoms with Crippen molar-refractivity contribution < 1.29 is 9.84 Å². The van der Waals surface area contributed by atoms with Crippen LogP contribution < -0.4 is 4.74 Å². The molecule has 2 aromatic carbocycles. The molecular formula is C17H17NO2. The maximum atomic E-state index is 9.42. The Balaban J connectivity index is 2.27. The second-order valence-electron chi connectivity index (χ2n) is 4.88. The maximum Gasteiger partial charge on any atom is 0.119 e. The Hall–Kier alpha value is -2.26. The van der Waals surface area contributed by atoms with Crippen LogP contribution in [0.15, 0.2) is 42.6 Å². The molecule has 3 nitrogen and oxygen atoms in total. The summed E-state index contributed by atoms with van der Waals surface area (Å²) >= 11 is 0. The summed E-state index contributed by atoms with van der Waals surface area (Å²) in [4.78, 5) is 3.27. The molecule has 0 spiro atoms. The molecule has 0 saturated heterocycles. The molecule has 0 aliphatic carbocycles. The number of benzene rings is 2. The fourth-order valence-corrected chi connectivity index (χ4v) is 2.60. The molecular weight excluding hydrogens is 250 g/mol. The average molecular weight is 267 g/mol. The Bertz CT molecular complexity index is 759. The molecule has 0 saturated carbocycles. The summed E-state index contributed by atoms with van der Waals surface area (Å²) in [5.74, 6) is 0.844. The Morgan fingerprint density at radius 3 is 2.70 bits per heavy atom. The predicted octanol–water partition coefficient (Wildman–Crippen LogP) is 3.64. The molecule has 0 atom stereocenters. The van der Waals surface area contributed by atoms with Gasteiger partial charge in [0.15, 0.2) is 0 Å². The van der Waals surface area contributed by atoms with Gasteiger partial charge < -0.3 is 14.8 Å². The number of hydrogen-bond acceptors (Lipinski definition) is 2. The van der Waals surface area contributed by atoms with Gasteiger partial charge in [-0.15, -0.1) is 0 Å². The van der Waals surface area contributed by atoms with Gasteiger partial charge in [-0.05, 0) is 41.8 Å². The first-order valence-electron chi connectivity index (χ1n) is 6.59. The van der Waals surface area contributed by atoms with E-state index in [-0.39, 0.29) is 6.61 Å². The molecule has 0 radical (unpaired) electrons. The highest BCUT2D eigenvalue weighted by atomic mass is 16.5. The molecule has 0 fully saturated rings. The molecule has 1 heterocycles. The van der Waals surface area contributed by atoms with E-state index in [1.54, 1.807) is 7.11 Å². The molecule has 0 amide bonds. The van der Waals surface area contributed by atoms with Crippen molar-refractivity contribution in [2.75, 3.05) is 7.11 Å². The molecule has 3 rings (SSSR count). The van der Waals surface area contributed by atoms with Crippen LogP contribution in [0.1, 0.15) is 11.1 Å². The topological polar surface area (TPSA) is 45.2 Å². The lowest BCUT2D eigenvalue weighted by molar-refractivity contribution is 0.283. The standard InChI is InChI=1S/C17H17NO2/c1-11-3-5-13(20-2)9-16(11)15-6-4-12(10-19)14-7-8-18-17(14)15/h3-9,18-19H,10H2,1-2H3. The van der Waals surface area contributed by atoms with Crippen LogP contribution in [0.2, 0.25) is 0 Å². The molecule has 3 heteroatoms. The number of ether oxygens (including phenoxy) is 1. The van der Waals surface area contributed by atoms with E-state index >= 15 is 0 Å². The van der Waals surface area contributed by atoms with E-state index < -0.39 is 0 Å². The van der Waals surface area contributed by atoms with Crippen LogP contribution in [-0.2, 0) is 6.61 Å². The van der Waals surface area contributed by atoms with Crippen molar-refractivity contribution in [1.29, 1.82) is 0 Å². The fraction of sp³-hybridized carbons (Fsp3) is 0.176. The number of hydrogen-bond donors (Lipinski definition) is 2. The minimum absolute atomic E-state index is 0.0473. The number of fused-ring (bicyclic) bond motifs is 1. The number of methoxy groups -OCH3 is 1. The predicted molar refractivity (Wildman–Crippen MR) is 80.9 cm³/mol. The minimum atomic E-state index is 0.0473. The number of aliphatic hydroxyl groups is 1. The monoisotopic (exact) mass is 267 g/mol. The van der Waals surface area contributed by atoms with Crippen LogP contribution in [0.4, 0.5) is 0 Å². The second kappa shape index (κ2) is 5.02. The van der Waals surface area contributed by atoms with Crippen molar-refractivity contribution in [3.63, 3.8) is 0 Å². The summed E-state index contributed by atoms with van der Waals surface area (Å²) in [5, 5.41) is 10.5. The molecule has 0 aliphatic rings. The SMILES string of the molecule is COc1ccc(C)c(-c2ccc(CO)c3cc[nH]c23)c1. The van der Waals surface area contributed by atoms with Gasteiger partial charge in [-0.1, -0.05) is 18.2 Å². The van der Waals surface area contributed by atoms with Gasteiger partial charge in [-0.25, -0.2) is 0 Å². The van der Waals surface area contributed by atoms with Gasteiger partial charge in [0.25, 0.3) is 0 Å². The number of aromatic amines is 1. The zero-order valence-electron chi connectivity index (χ0n) is 11.6. The number of nitrogens with one attached hydrogen (secondary N) is 1. The van der Waals surface area contributed by atoms with Crippen molar-refractivity contribution in [2.45, 2.75) is 13.5 Å². The van der Waals surface area contributed by atoms with E-state index in [9.17, 15) is 5.11 Å². The Morgan fingerprint density at radius 2 is 1.95 bits per heavy atom. The summed E-state index contributed by atoms with van der Waals surface area (Å²) in [5.41, 5.74) is 5.44. The first kappa shape index (κ1) is 12.8. The molecule has 0 bridgehead atoms. The largest absolute Gasteiger partial charge is 0.497 e. The average Bonchev–Trinajstić information content (AvgIpc) is 2.96. The quantitative estimate of drug-likeness (QED) is 0.761. The molecule has 102 valence electrons. The van der Waals surface area contributed by atoms with Gasteiger partial charge >= 0.3 is 0 Å². The molecule has 0 aliphatic heterocycles. The maximum absolute atomic E-state index is 9.42. The van der Waals surface area contributed by atoms with Crippen LogP contribution in [0, 0.1) is 6.92 Å². The fourth-order valence-electron chi connectivity index (χ4n) is 2.60. The molecule has 2 N–H and O–H groups in total. The number of aliphatic hydroxyl groups excluding tert-OH is 1. The third-order valence-electron chi connectivity index (χ3n) is 3.72. The lowest BCUT2D eigenvalue weighted by Gasteiger charge is -2.11. The van der Waals surface area contributed by atoms with Crippen molar-refractivity contribution >= 4 is 10.9 Å². The van der Waals surface area contributed by atoms with E-state index in [4.69, 9.17) is 4.74 Å². The van der Waals surface area contributed by atoms with Crippen LogP contribution in [0.3, 0.4) is 0 Å². The number of aryl methyl sites for hydroxylation is 1. The lowest BCUT2D eigenvalue weighted by Crippen LogP contribution is -1.91. The third kappa shape index (κ3) is 1.96. The van der Waals surface area contributed by atoms with Gasteiger partial charge in [-0.3, -0.25) is 0 Å². The van der Waals surface area contributed by atoms with Crippen molar-refractivity contribution in [1.82, 2.24) is 4.98 Å². The first-order valence-corrected chi connectivity index (χ1v) is 6.59. The van der Waals surface area contributed by atoms with E-state index in [1.165, 1.54) is 5.56 Å². The van der Waals surface area contributed by atoms with Crippen LogP contribution in [0.25, 0.3) is 22.0 Å². The summed E-state index contributed by atoms with van der Waals surface area (Å²) in [7, 11) is 1.67. The van der Waals surface area contributed by atoms with Gasteiger partial charge in [0.1, 0.15) is 5.75 Å². The zero-order valence-corrected chi connectivity index (χ0v) is 11.6. The third-order valence-corrected chi connectivity index (χ3v) is 3.72. The van der Waals surface area contributed by atoms with Gasteiger partial charge in [0.05, 0.1) is 19.2 Å². The van der Waals surface area contributed by atoms with E-state index in [0.717, 1.165) is 33.3 Å². The number of aromatic nitrogens is 1. The lowest BCUT2D eigenvalue weighted by atomic mass is 9.96. The first-order chi connectivity index (χ1) is 9.74. The summed E-state index contributed by atoms with van der Waals surface area (Å²) in [6, 6.07) is 12.1. The molecule has 3 aromatic rings. The van der Waals surface area contributed by atoms with Crippen LogP contribution >= 0.6 is 0 Å². The molecule has 20 heavy (non-hydrogen) atoms. The van der Waals surface area contributed by atoms with Crippen molar-refractivity contribution in [3.8, 4) is 16.9 Å². The summed E-state index contributed by atoms with van der Waals surface area (Å²) in [6.45, 7) is 2.13. The highest BCUT2D eigenvalue weighted by Crippen LogP contribution is 2.34. The van der Waals surface area contributed by atoms with Crippen molar-refractivity contribution in [2.24, 2.45) is 0 Å². The highest BCUT2D eigenvalue weighted by molar-refractivity contribution is 5.97.